The van der Waals surface area contributed by atoms with Gasteiger partial charge in [-0.15, -0.1) is 0 Å². The van der Waals surface area contributed by atoms with Gasteiger partial charge in [0.15, 0.2) is 0 Å². The standard InChI is InChI=1S/C13H22N2S/c1-3-5-6-10-16-11-12-8-7-9-13(15-12)14-4-2/h7-9H,3-6,10-11H2,1-2H3,(H,14,15). The van der Waals surface area contributed by atoms with Crippen molar-refractivity contribution in [1.82, 2.24) is 4.98 Å². The van der Waals surface area contributed by atoms with Crippen LogP contribution in [0.25, 0.3) is 0 Å². The molecular weight excluding hydrogens is 216 g/mol. The number of nitrogens with one attached hydrogen (secondary N) is 1. The summed E-state index contributed by atoms with van der Waals surface area (Å²) >= 11 is 1.98. The Morgan fingerprint density at radius 2 is 2.12 bits per heavy atom. The van der Waals surface area contributed by atoms with Crippen LogP contribution in [0.15, 0.2) is 18.2 Å². The zero-order valence-corrected chi connectivity index (χ0v) is 11.1. The van der Waals surface area contributed by atoms with E-state index in [1.54, 1.807) is 0 Å². The topological polar surface area (TPSA) is 24.9 Å². The van der Waals surface area contributed by atoms with Crippen molar-refractivity contribution in [3.05, 3.63) is 23.9 Å². The van der Waals surface area contributed by atoms with Gasteiger partial charge in [-0.25, -0.2) is 4.98 Å². The summed E-state index contributed by atoms with van der Waals surface area (Å²) in [6, 6.07) is 6.20. The maximum absolute atomic E-state index is 4.55. The molecule has 0 atom stereocenters. The molecule has 1 aromatic rings. The zero-order chi connectivity index (χ0) is 11.6. The molecule has 90 valence electrons. The van der Waals surface area contributed by atoms with Crippen molar-refractivity contribution in [1.29, 1.82) is 0 Å². The van der Waals surface area contributed by atoms with Crippen LogP contribution in [-0.2, 0) is 5.75 Å². The van der Waals surface area contributed by atoms with Crippen LogP contribution in [0.2, 0.25) is 0 Å². The molecule has 1 N–H and O–H groups in total. The number of anilines is 1. The van der Waals surface area contributed by atoms with Crippen molar-refractivity contribution >= 4 is 17.6 Å². The van der Waals surface area contributed by atoms with E-state index in [1.165, 1.54) is 30.7 Å². The van der Waals surface area contributed by atoms with Crippen LogP contribution in [0.5, 0.6) is 0 Å². The van der Waals surface area contributed by atoms with Crippen molar-refractivity contribution in [3.63, 3.8) is 0 Å². The Balaban J connectivity index is 2.27. The average molecular weight is 238 g/mol. The largest absolute Gasteiger partial charge is 0.370 e. The second-order valence-electron chi connectivity index (χ2n) is 3.80. The van der Waals surface area contributed by atoms with Crippen molar-refractivity contribution in [3.8, 4) is 0 Å². The number of thioether (sulfide) groups is 1. The van der Waals surface area contributed by atoms with Crippen LogP contribution < -0.4 is 5.32 Å². The highest BCUT2D eigenvalue weighted by atomic mass is 32.2. The molecule has 0 amide bonds. The van der Waals surface area contributed by atoms with Crippen LogP contribution in [0, 0.1) is 0 Å². The highest BCUT2D eigenvalue weighted by molar-refractivity contribution is 7.98. The molecule has 1 rings (SSSR count). The molecule has 0 saturated heterocycles. The first kappa shape index (κ1) is 13.4. The lowest BCUT2D eigenvalue weighted by atomic mass is 10.3. The third-order valence-corrected chi connectivity index (χ3v) is 3.38. The minimum atomic E-state index is 0.931. The van der Waals surface area contributed by atoms with E-state index in [1.807, 2.05) is 17.8 Å². The third kappa shape index (κ3) is 5.40. The Morgan fingerprint density at radius 3 is 2.88 bits per heavy atom. The Kier molecular flexibility index (Phi) is 7.06. The Labute approximate surface area is 103 Å². The molecule has 1 heterocycles. The lowest BCUT2D eigenvalue weighted by Gasteiger charge is -2.05. The van der Waals surface area contributed by atoms with Gasteiger partial charge < -0.3 is 5.32 Å². The SMILES string of the molecule is CCCCCSCc1cccc(NCC)n1. The molecular formula is C13H22N2S. The summed E-state index contributed by atoms with van der Waals surface area (Å²) in [5, 5.41) is 3.24. The third-order valence-electron chi connectivity index (χ3n) is 2.31. The number of nitrogens with zero attached hydrogens (tertiary/aromatic N) is 1. The fraction of sp³-hybridized carbons (Fsp3) is 0.615. The molecule has 0 unspecified atom stereocenters. The van der Waals surface area contributed by atoms with E-state index in [9.17, 15) is 0 Å². The molecule has 0 spiro atoms. The Hall–Kier alpha value is -0.700. The number of rotatable bonds is 8. The first-order chi connectivity index (χ1) is 7.86. The zero-order valence-electron chi connectivity index (χ0n) is 10.3. The lowest BCUT2D eigenvalue weighted by molar-refractivity contribution is 0.778. The Bertz CT molecular complexity index is 289. The molecule has 3 heteroatoms. The fourth-order valence-electron chi connectivity index (χ4n) is 1.47. The number of pyridine rings is 1. The number of aromatic nitrogens is 1. The van der Waals surface area contributed by atoms with Crippen LogP contribution >= 0.6 is 11.8 Å². The summed E-state index contributed by atoms with van der Waals surface area (Å²) in [6.07, 6.45) is 3.97. The van der Waals surface area contributed by atoms with E-state index >= 15 is 0 Å². The first-order valence-corrected chi connectivity index (χ1v) is 7.29. The quantitative estimate of drug-likeness (QED) is 0.694. The van der Waals surface area contributed by atoms with E-state index in [4.69, 9.17) is 0 Å². The maximum atomic E-state index is 4.55. The van der Waals surface area contributed by atoms with E-state index in [2.05, 4.69) is 36.3 Å². The highest BCUT2D eigenvalue weighted by Gasteiger charge is 1.97. The van der Waals surface area contributed by atoms with E-state index in [0.717, 1.165) is 18.1 Å². The van der Waals surface area contributed by atoms with Gasteiger partial charge >= 0.3 is 0 Å². The summed E-state index contributed by atoms with van der Waals surface area (Å²) in [7, 11) is 0. The molecule has 0 fully saturated rings. The summed E-state index contributed by atoms with van der Waals surface area (Å²) < 4.78 is 0. The first-order valence-electron chi connectivity index (χ1n) is 6.14. The maximum Gasteiger partial charge on any atom is 0.126 e. The molecule has 0 saturated carbocycles. The summed E-state index contributed by atoms with van der Waals surface area (Å²) in [6.45, 7) is 5.26. The van der Waals surface area contributed by atoms with Crippen LogP contribution in [-0.4, -0.2) is 17.3 Å². The van der Waals surface area contributed by atoms with Gasteiger partial charge in [-0.3, -0.25) is 0 Å². The van der Waals surface area contributed by atoms with Crippen LogP contribution in [0.4, 0.5) is 5.82 Å². The van der Waals surface area contributed by atoms with E-state index in [-0.39, 0.29) is 0 Å². The fourth-order valence-corrected chi connectivity index (χ4v) is 2.39. The molecule has 1 aromatic heterocycles. The van der Waals surface area contributed by atoms with Crippen molar-refractivity contribution in [2.24, 2.45) is 0 Å². The number of hydrogen-bond acceptors (Lipinski definition) is 3. The van der Waals surface area contributed by atoms with Gasteiger partial charge in [0.05, 0.1) is 5.69 Å². The van der Waals surface area contributed by atoms with Crippen LogP contribution in [0.1, 0.15) is 38.8 Å². The van der Waals surface area contributed by atoms with Gasteiger partial charge in [-0.2, -0.15) is 11.8 Å². The van der Waals surface area contributed by atoms with Gasteiger partial charge in [-0.05, 0) is 31.2 Å². The second kappa shape index (κ2) is 8.45. The van der Waals surface area contributed by atoms with Gasteiger partial charge in [0.1, 0.15) is 5.82 Å². The van der Waals surface area contributed by atoms with E-state index in [0.29, 0.717) is 0 Å². The average Bonchev–Trinajstić information content (AvgIpc) is 2.30. The summed E-state index contributed by atoms with van der Waals surface area (Å²) in [4.78, 5) is 4.55. The summed E-state index contributed by atoms with van der Waals surface area (Å²) in [5.41, 5.74) is 1.18. The molecule has 0 bridgehead atoms. The molecule has 0 aliphatic rings. The minimum Gasteiger partial charge on any atom is -0.370 e. The number of hydrogen-bond donors (Lipinski definition) is 1. The monoisotopic (exact) mass is 238 g/mol. The summed E-state index contributed by atoms with van der Waals surface area (Å²) in [5.74, 6) is 3.28. The van der Waals surface area contributed by atoms with Gasteiger partial charge in [-0.1, -0.05) is 25.8 Å². The molecule has 0 aliphatic carbocycles. The minimum absolute atomic E-state index is 0.931. The molecule has 2 nitrogen and oxygen atoms in total. The van der Waals surface area contributed by atoms with Gasteiger partial charge in [0.2, 0.25) is 0 Å². The molecule has 0 aromatic carbocycles. The normalized spacial score (nSPS) is 10.4. The molecule has 0 aliphatic heterocycles. The molecule has 0 radical (unpaired) electrons. The predicted molar refractivity (Wildman–Crippen MR) is 74.1 cm³/mol. The van der Waals surface area contributed by atoms with E-state index < -0.39 is 0 Å². The predicted octanol–water partition coefficient (Wildman–Crippen LogP) is 3.94. The van der Waals surface area contributed by atoms with Gasteiger partial charge in [0.25, 0.3) is 0 Å². The van der Waals surface area contributed by atoms with Crippen molar-refractivity contribution < 1.29 is 0 Å². The van der Waals surface area contributed by atoms with Crippen molar-refractivity contribution in [2.75, 3.05) is 17.6 Å². The highest BCUT2D eigenvalue weighted by Crippen LogP contribution is 2.14. The number of unbranched alkanes of at least 4 members (excludes halogenated alkanes) is 2. The van der Waals surface area contributed by atoms with Crippen LogP contribution in [0.3, 0.4) is 0 Å². The van der Waals surface area contributed by atoms with Crippen molar-refractivity contribution in [2.45, 2.75) is 38.9 Å². The second-order valence-corrected chi connectivity index (χ2v) is 4.91. The Morgan fingerprint density at radius 1 is 1.25 bits per heavy atom. The lowest BCUT2D eigenvalue weighted by Crippen LogP contribution is -2.00. The van der Waals surface area contributed by atoms with Gasteiger partial charge in [0, 0.05) is 12.3 Å². The molecule has 16 heavy (non-hydrogen) atoms. The smallest absolute Gasteiger partial charge is 0.126 e.